The van der Waals surface area contributed by atoms with E-state index >= 15 is 0 Å². The molecular formula is C28H31N7O. The summed E-state index contributed by atoms with van der Waals surface area (Å²) in [6, 6.07) is 20.7. The van der Waals surface area contributed by atoms with Crippen molar-refractivity contribution in [3.8, 4) is 0 Å². The maximum atomic E-state index is 12.4. The molecule has 8 heteroatoms. The van der Waals surface area contributed by atoms with Crippen LogP contribution in [0.15, 0.2) is 72.9 Å². The molecule has 184 valence electrons. The molecule has 0 aliphatic carbocycles. The average Bonchev–Trinajstić information content (AvgIpc) is 2.80. The molecule has 4 rings (SSSR count). The molecule has 8 nitrogen and oxygen atoms in total. The molecule has 0 aliphatic heterocycles. The number of urea groups is 1. The van der Waals surface area contributed by atoms with Gasteiger partial charge in [-0.25, -0.2) is 19.7 Å². The number of hydrogen-bond donors (Lipinski definition) is 4. The molecular weight excluding hydrogens is 450 g/mol. The Morgan fingerprint density at radius 3 is 1.83 bits per heavy atom. The van der Waals surface area contributed by atoms with Crippen molar-refractivity contribution in [1.29, 1.82) is 0 Å². The summed E-state index contributed by atoms with van der Waals surface area (Å²) in [5.41, 5.74) is 4.63. The molecule has 0 saturated carbocycles. The van der Waals surface area contributed by atoms with E-state index in [1.54, 1.807) is 6.20 Å². The minimum atomic E-state index is -0.300. The molecule has 0 radical (unpaired) electrons. The van der Waals surface area contributed by atoms with Gasteiger partial charge in [-0.05, 0) is 78.9 Å². The van der Waals surface area contributed by atoms with E-state index in [-0.39, 0.29) is 11.4 Å². The smallest absolute Gasteiger partial charge is 0.323 e. The Kier molecular flexibility index (Phi) is 7.15. The molecule has 2 amide bonds. The van der Waals surface area contributed by atoms with Gasteiger partial charge in [0.05, 0.1) is 0 Å². The van der Waals surface area contributed by atoms with Gasteiger partial charge >= 0.3 is 6.03 Å². The number of aryl methyl sites for hydroxylation is 2. The fourth-order valence-corrected chi connectivity index (χ4v) is 3.56. The molecule has 0 fully saturated rings. The summed E-state index contributed by atoms with van der Waals surface area (Å²) in [7, 11) is 0. The van der Waals surface area contributed by atoms with Crippen LogP contribution in [-0.2, 0) is 5.41 Å². The number of nitrogens with zero attached hydrogens (tertiary/aromatic N) is 3. The van der Waals surface area contributed by atoms with Crippen molar-refractivity contribution in [3.05, 3.63) is 89.9 Å². The Bertz CT molecular complexity index is 1340. The first-order chi connectivity index (χ1) is 17.1. The number of aromatic nitrogens is 3. The second-order valence-electron chi connectivity index (χ2n) is 9.64. The van der Waals surface area contributed by atoms with Crippen molar-refractivity contribution in [1.82, 2.24) is 15.0 Å². The monoisotopic (exact) mass is 481 g/mol. The number of amides is 2. The molecule has 0 atom stereocenters. The van der Waals surface area contributed by atoms with E-state index in [0.29, 0.717) is 23.1 Å². The van der Waals surface area contributed by atoms with E-state index in [0.717, 1.165) is 22.8 Å². The number of nitrogens with one attached hydrogen (secondary N) is 4. The third-order valence-corrected chi connectivity index (χ3v) is 5.43. The molecule has 36 heavy (non-hydrogen) atoms. The maximum absolute atomic E-state index is 12.4. The summed E-state index contributed by atoms with van der Waals surface area (Å²) >= 11 is 0. The van der Waals surface area contributed by atoms with Crippen molar-refractivity contribution in [2.45, 2.75) is 40.0 Å². The Hall–Kier alpha value is -4.46. The van der Waals surface area contributed by atoms with Crippen molar-refractivity contribution in [3.63, 3.8) is 0 Å². The normalized spacial score (nSPS) is 11.0. The third kappa shape index (κ3) is 6.79. The summed E-state index contributed by atoms with van der Waals surface area (Å²) in [5.74, 6) is 2.64. The molecule has 2 aromatic carbocycles. The van der Waals surface area contributed by atoms with E-state index in [1.807, 2.05) is 80.6 Å². The van der Waals surface area contributed by atoms with Crippen molar-refractivity contribution < 1.29 is 4.79 Å². The molecule has 0 aliphatic rings. The van der Waals surface area contributed by atoms with Crippen LogP contribution in [0.25, 0.3) is 0 Å². The highest BCUT2D eigenvalue weighted by Crippen LogP contribution is 2.24. The first-order valence-electron chi connectivity index (χ1n) is 11.7. The van der Waals surface area contributed by atoms with Crippen LogP contribution in [0.1, 0.15) is 37.7 Å². The lowest BCUT2D eigenvalue weighted by molar-refractivity contribution is 0.262. The number of carbonyl (C=O) groups is 1. The van der Waals surface area contributed by atoms with E-state index in [1.165, 1.54) is 5.56 Å². The Labute approximate surface area is 211 Å². The molecule has 4 aromatic rings. The zero-order chi connectivity index (χ0) is 25.7. The molecule has 0 spiro atoms. The molecule has 2 aromatic heterocycles. The lowest BCUT2D eigenvalue weighted by Gasteiger charge is -2.19. The number of rotatable bonds is 6. The average molecular weight is 482 g/mol. The maximum Gasteiger partial charge on any atom is 0.323 e. The summed E-state index contributed by atoms with van der Waals surface area (Å²) in [6.45, 7) is 10.3. The van der Waals surface area contributed by atoms with Crippen LogP contribution < -0.4 is 21.3 Å². The summed E-state index contributed by atoms with van der Waals surface area (Å²) < 4.78 is 0. The zero-order valence-corrected chi connectivity index (χ0v) is 21.2. The largest absolute Gasteiger partial charge is 0.340 e. The highest BCUT2D eigenvalue weighted by molar-refractivity contribution is 5.99. The van der Waals surface area contributed by atoms with Gasteiger partial charge < -0.3 is 21.3 Å². The van der Waals surface area contributed by atoms with E-state index in [2.05, 4.69) is 57.0 Å². The van der Waals surface area contributed by atoms with Gasteiger partial charge in [-0.1, -0.05) is 32.9 Å². The van der Waals surface area contributed by atoms with Crippen LogP contribution in [0.4, 0.5) is 39.3 Å². The summed E-state index contributed by atoms with van der Waals surface area (Å²) in [5, 5.41) is 12.2. The highest BCUT2D eigenvalue weighted by Gasteiger charge is 2.13. The second-order valence-corrected chi connectivity index (χ2v) is 9.64. The molecule has 0 unspecified atom stereocenters. The van der Waals surface area contributed by atoms with Gasteiger partial charge in [-0.3, -0.25) is 0 Å². The lowest BCUT2D eigenvalue weighted by atomic mass is 9.87. The number of pyridine rings is 1. The number of benzene rings is 2. The number of anilines is 6. The Morgan fingerprint density at radius 2 is 1.25 bits per heavy atom. The van der Waals surface area contributed by atoms with Gasteiger partial charge in [0.25, 0.3) is 0 Å². The van der Waals surface area contributed by atoms with Gasteiger partial charge in [0.2, 0.25) is 0 Å². The molecule has 4 N–H and O–H groups in total. The van der Waals surface area contributed by atoms with Crippen molar-refractivity contribution >= 4 is 40.5 Å². The Morgan fingerprint density at radius 1 is 0.694 bits per heavy atom. The second kappa shape index (κ2) is 10.4. The van der Waals surface area contributed by atoms with Crippen LogP contribution in [0, 0.1) is 13.8 Å². The predicted octanol–water partition coefficient (Wildman–Crippen LogP) is 6.92. The summed E-state index contributed by atoms with van der Waals surface area (Å²) in [4.78, 5) is 25.6. The van der Waals surface area contributed by atoms with E-state index in [4.69, 9.17) is 0 Å². The topological polar surface area (TPSA) is 104 Å². The minimum absolute atomic E-state index is 0.0668. The van der Waals surface area contributed by atoms with E-state index < -0.39 is 0 Å². The lowest BCUT2D eigenvalue weighted by Crippen LogP contribution is -2.19. The van der Waals surface area contributed by atoms with Gasteiger partial charge in [0.15, 0.2) is 0 Å². The van der Waals surface area contributed by atoms with Crippen LogP contribution in [-0.4, -0.2) is 21.0 Å². The molecule has 0 saturated heterocycles. The molecule has 2 heterocycles. The van der Waals surface area contributed by atoms with E-state index in [9.17, 15) is 4.79 Å². The van der Waals surface area contributed by atoms with Crippen molar-refractivity contribution in [2.24, 2.45) is 0 Å². The van der Waals surface area contributed by atoms with Crippen LogP contribution in [0.5, 0.6) is 0 Å². The zero-order valence-electron chi connectivity index (χ0n) is 21.2. The number of hydrogen-bond acceptors (Lipinski definition) is 6. The quantitative estimate of drug-likeness (QED) is 0.238. The number of carbonyl (C=O) groups excluding carboxylic acids is 1. The minimum Gasteiger partial charge on any atom is -0.340 e. The molecule has 0 bridgehead atoms. The highest BCUT2D eigenvalue weighted by atomic mass is 16.2. The first kappa shape index (κ1) is 24.7. The van der Waals surface area contributed by atoms with Gasteiger partial charge in [0.1, 0.15) is 23.3 Å². The first-order valence-corrected chi connectivity index (χ1v) is 11.7. The van der Waals surface area contributed by atoms with Crippen molar-refractivity contribution in [2.75, 3.05) is 21.3 Å². The van der Waals surface area contributed by atoms with Gasteiger partial charge in [0, 0.05) is 29.3 Å². The van der Waals surface area contributed by atoms with Gasteiger partial charge in [-0.2, -0.15) is 0 Å². The van der Waals surface area contributed by atoms with Crippen LogP contribution in [0.3, 0.4) is 0 Å². The fraction of sp³-hybridized carbons (Fsp3) is 0.214. The third-order valence-electron chi connectivity index (χ3n) is 5.43. The standard InChI is InChI=1S/C28H31N7O/c1-18-14-15-29-24(16-18)35-26-17-25(30-19(2)31-26)32-21-10-12-23(13-11-21)34-27(36)33-22-8-6-20(7-9-22)28(3,4)5/h6-17H,1-5H3,(H2,33,34,36)(H2,29,30,31,32,35). The fourth-order valence-electron chi connectivity index (χ4n) is 3.56. The predicted molar refractivity (Wildman–Crippen MR) is 147 cm³/mol. The van der Waals surface area contributed by atoms with Gasteiger partial charge in [-0.15, -0.1) is 0 Å². The SMILES string of the molecule is Cc1ccnc(Nc2cc(Nc3ccc(NC(=O)Nc4ccc(C(C)(C)C)cc4)cc3)nc(C)n2)c1. The van der Waals surface area contributed by atoms with Crippen LogP contribution in [0.2, 0.25) is 0 Å². The summed E-state index contributed by atoms with van der Waals surface area (Å²) in [6.07, 6.45) is 1.75. The Balaban J connectivity index is 1.36. The van der Waals surface area contributed by atoms with Crippen LogP contribution >= 0.6 is 0 Å².